The van der Waals surface area contributed by atoms with Crippen molar-refractivity contribution < 1.29 is 21.9 Å². The topological polar surface area (TPSA) is 17.1 Å². The molecule has 0 fully saturated rings. The number of carbonyl (C=O) groups excluding carboxylic acids is 1. The zero-order valence-corrected chi connectivity index (χ0v) is 10.2. The average molecular weight is 256 g/mol. The van der Waals surface area contributed by atoms with Crippen molar-refractivity contribution in [3.05, 3.63) is 73.3 Å². The van der Waals surface area contributed by atoms with Gasteiger partial charge in [-0.1, -0.05) is 6.08 Å². The Balaban J connectivity index is 0. The van der Waals surface area contributed by atoms with Crippen molar-refractivity contribution in [1.29, 1.82) is 0 Å². The summed E-state index contributed by atoms with van der Waals surface area (Å²) in [7, 11) is 0. The van der Waals surface area contributed by atoms with Crippen LogP contribution >= 0.6 is 0 Å². The molecule has 2 aromatic carbocycles. The summed E-state index contributed by atoms with van der Waals surface area (Å²) in [6.45, 7) is 3.32. The van der Waals surface area contributed by atoms with E-state index in [0.29, 0.717) is 6.42 Å². The summed E-state index contributed by atoms with van der Waals surface area (Å²) in [6, 6.07) is 20.0. The quantitative estimate of drug-likeness (QED) is 0.347. The van der Waals surface area contributed by atoms with Crippen LogP contribution in [0.3, 0.4) is 0 Å². The van der Waals surface area contributed by atoms with E-state index in [1.807, 2.05) is 60.7 Å². The Morgan fingerprint density at radius 3 is 1.56 bits per heavy atom. The van der Waals surface area contributed by atoms with E-state index in [1.54, 1.807) is 6.08 Å². The van der Waals surface area contributed by atoms with Gasteiger partial charge in [0.1, 0.15) is 6.29 Å². The van der Waals surface area contributed by atoms with E-state index < -0.39 is 0 Å². The molecule has 0 saturated carbocycles. The largest absolute Gasteiger partial charge is 0.748 e. The van der Waals surface area contributed by atoms with Crippen LogP contribution in [0.5, 0.6) is 0 Å². The molecule has 2 aromatic rings. The Bertz CT molecular complexity index is 229. The van der Waals surface area contributed by atoms with Crippen molar-refractivity contribution in [2.45, 2.75) is 6.42 Å². The summed E-state index contributed by atoms with van der Waals surface area (Å²) < 4.78 is 0. The molecule has 92 valence electrons. The van der Waals surface area contributed by atoms with E-state index in [0.717, 1.165) is 6.29 Å². The molecule has 0 bridgehead atoms. The molecule has 2 rings (SSSR count). The van der Waals surface area contributed by atoms with Gasteiger partial charge in [0.2, 0.25) is 0 Å². The van der Waals surface area contributed by atoms with Crippen LogP contribution in [0.15, 0.2) is 73.3 Å². The summed E-state index contributed by atoms with van der Waals surface area (Å²) in [6.07, 6.45) is 2.85. The second-order valence-electron chi connectivity index (χ2n) is 2.62. The van der Waals surface area contributed by atoms with Crippen LogP contribution in [0.4, 0.5) is 0 Å². The van der Waals surface area contributed by atoms with Crippen molar-refractivity contribution in [2.75, 3.05) is 0 Å². The molecule has 0 aliphatic rings. The molecule has 0 radical (unpaired) electrons. The van der Waals surface area contributed by atoms with Gasteiger partial charge in [0, 0.05) is 23.5 Å². The molecule has 0 amide bonds. The van der Waals surface area contributed by atoms with Crippen LogP contribution in [0.25, 0.3) is 0 Å². The molecule has 0 aliphatic carbocycles. The van der Waals surface area contributed by atoms with Crippen LogP contribution in [0, 0.1) is 0 Å². The molecule has 0 atom stereocenters. The Hall–Kier alpha value is -1.37. The minimum atomic E-state index is 0. The summed E-state index contributed by atoms with van der Waals surface area (Å²) in [5, 5.41) is 0. The normalized spacial score (nSPS) is 7.00. The maximum Gasteiger partial charge on any atom is 0.123 e. The van der Waals surface area contributed by atoms with Crippen molar-refractivity contribution in [1.82, 2.24) is 0 Å². The van der Waals surface area contributed by atoms with Gasteiger partial charge in [-0.05, 0) is 0 Å². The zero-order valence-electron chi connectivity index (χ0n) is 9.10. The van der Waals surface area contributed by atoms with Crippen LogP contribution in [-0.2, 0) is 21.9 Å². The molecular formula is C14H16FeO-6. The molecule has 0 saturated heterocycles. The predicted molar refractivity (Wildman–Crippen MR) is 64.9 cm³/mol. The van der Waals surface area contributed by atoms with Crippen LogP contribution in [0.2, 0.25) is 0 Å². The van der Waals surface area contributed by atoms with E-state index in [1.165, 1.54) is 0 Å². The van der Waals surface area contributed by atoms with Crippen LogP contribution in [-0.4, -0.2) is 6.29 Å². The summed E-state index contributed by atoms with van der Waals surface area (Å²) in [5.41, 5.74) is 0. The van der Waals surface area contributed by atoms with E-state index in [9.17, 15) is 4.79 Å². The van der Waals surface area contributed by atoms with E-state index >= 15 is 0 Å². The number of hydrogen-bond donors (Lipinski definition) is 0. The molecule has 16 heavy (non-hydrogen) atoms. The fourth-order valence-electron chi connectivity index (χ4n) is 0.710. The van der Waals surface area contributed by atoms with Gasteiger partial charge < -0.3 is 35.1 Å². The smallest absolute Gasteiger partial charge is 0.123 e. The molecule has 0 unspecified atom stereocenters. The van der Waals surface area contributed by atoms with Gasteiger partial charge in [0.15, 0.2) is 0 Å². The van der Waals surface area contributed by atoms with E-state index in [4.69, 9.17) is 0 Å². The molecule has 0 aliphatic heterocycles. The van der Waals surface area contributed by atoms with Gasteiger partial charge in [0.05, 0.1) is 0 Å². The molecule has 0 heterocycles. The third kappa shape index (κ3) is 15.1. The average Bonchev–Trinajstić information content (AvgIpc) is 2.99. The molecule has 1 nitrogen and oxygen atoms in total. The summed E-state index contributed by atoms with van der Waals surface area (Å²) in [4.78, 5) is 9.33. The number of allylic oxidation sites excluding steroid dienone is 1. The van der Waals surface area contributed by atoms with Gasteiger partial charge >= 0.3 is 0 Å². The standard InChI is InChI=1S/2C5H5.C4H6O.Fe/c2*1-2-4-5-3-1;1-2-3-4-5;/h2*1-5H;2,4H,1,3H2;/q-5;-1;;. The maximum absolute atomic E-state index is 9.33. The Morgan fingerprint density at radius 2 is 1.44 bits per heavy atom. The molecule has 2 heteroatoms. The van der Waals surface area contributed by atoms with Crippen molar-refractivity contribution in [3.8, 4) is 0 Å². The van der Waals surface area contributed by atoms with Gasteiger partial charge in [-0.25, -0.2) is 12.1 Å². The maximum atomic E-state index is 9.33. The minimum absolute atomic E-state index is 0. The third-order valence-electron chi connectivity index (χ3n) is 1.37. The first-order valence-corrected chi connectivity index (χ1v) is 4.79. The number of rotatable bonds is 2. The minimum Gasteiger partial charge on any atom is -0.748 e. The first kappa shape index (κ1) is 17.0. The number of hydrogen-bond acceptors (Lipinski definition) is 1. The molecule has 0 N–H and O–H groups in total. The fraction of sp³-hybridized carbons (Fsp3) is 0.0714. The van der Waals surface area contributed by atoms with Crippen molar-refractivity contribution in [2.24, 2.45) is 0 Å². The van der Waals surface area contributed by atoms with Crippen molar-refractivity contribution in [3.63, 3.8) is 0 Å². The predicted octanol–water partition coefficient (Wildman–Crippen LogP) is 3.57. The van der Waals surface area contributed by atoms with Gasteiger partial charge in [-0.3, -0.25) is 0 Å². The fourth-order valence-corrected chi connectivity index (χ4v) is 0.710. The van der Waals surface area contributed by atoms with Gasteiger partial charge in [-0.15, -0.1) is 6.58 Å². The zero-order chi connectivity index (χ0) is 11.2. The third-order valence-corrected chi connectivity index (χ3v) is 1.37. The first-order chi connectivity index (χ1) is 7.41. The molecular weight excluding hydrogens is 240 g/mol. The van der Waals surface area contributed by atoms with E-state index in [2.05, 4.69) is 6.58 Å². The number of aldehydes is 1. The second-order valence-corrected chi connectivity index (χ2v) is 2.62. The molecule has 0 spiro atoms. The summed E-state index contributed by atoms with van der Waals surface area (Å²) >= 11 is 0. The second kappa shape index (κ2) is 16.1. The van der Waals surface area contributed by atoms with Crippen LogP contribution < -0.4 is 0 Å². The van der Waals surface area contributed by atoms with Gasteiger partial charge in [0.25, 0.3) is 0 Å². The Morgan fingerprint density at radius 1 is 1.00 bits per heavy atom. The first-order valence-electron chi connectivity index (χ1n) is 4.79. The Kier molecular flexibility index (Phi) is 17.1. The monoisotopic (exact) mass is 256 g/mol. The number of carbonyl (C=O) groups is 1. The Labute approximate surface area is 108 Å². The van der Waals surface area contributed by atoms with Crippen LogP contribution in [0.1, 0.15) is 6.42 Å². The summed E-state index contributed by atoms with van der Waals surface area (Å²) in [5.74, 6) is 0. The van der Waals surface area contributed by atoms with Crippen molar-refractivity contribution >= 4 is 6.29 Å². The van der Waals surface area contributed by atoms with E-state index in [-0.39, 0.29) is 17.1 Å². The van der Waals surface area contributed by atoms with Gasteiger partial charge in [-0.2, -0.15) is 18.2 Å². The SMILES string of the molecule is C=CCC=O.[Fe].[cH-]1[cH-][cH-][cH-][cH-]1.c1cc[cH-]c1. The molecule has 0 aromatic heterocycles.